The molecule has 0 atom stereocenters. The molecule has 84 valence electrons. The van der Waals surface area contributed by atoms with E-state index in [1.807, 2.05) is 35.7 Å². The SMILES string of the molecule is Cc1scc(-c2ccccc2)c1S(N)(=O)=O. The normalized spacial score (nSPS) is 11.6. The van der Waals surface area contributed by atoms with Crippen molar-refractivity contribution in [3.05, 3.63) is 40.6 Å². The quantitative estimate of drug-likeness (QED) is 0.893. The van der Waals surface area contributed by atoms with E-state index in [-0.39, 0.29) is 4.90 Å². The summed E-state index contributed by atoms with van der Waals surface area (Å²) in [5.74, 6) is 0. The van der Waals surface area contributed by atoms with Gasteiger partial charge in [-0.3, -0.25) is 0 Å². The first kappa shape index (κ1) is 11.3. The van der Waals surface area contributed by atoms with E-state index in [0.29, 0.717) is 5.56 Å². The van der Waals surface area contributed by atoms with Crippen molar-refractivity contribution in [1.29, 1.82) is 0 Å². The van der Waals surface area contributed by atoms with E-state index in [2.05, 4.69) is 0 Å². The molecule has 0 radical (unpaired) electrons. The van der Waals surface area contributed by atoms with E-state index in [9.17, 15) is 8.42 Å². The van der Waals surface area contributed by atoms with Crippen LogP contribution in [0.4, 0.5) is 0 Å². The van der Waals surface area contributed by atoms with Crippen molar-refractivity contribution in [3.63, 3.8) is 0 Å². The molecule has 2 N–H and O–H groups in total. The lowest BCUT2D eigenvalue weighted by molar-refractivity contribution is 0.598. The number of nitrogens with two attached hydrogens (primary N) is 1. The summed E-state index contributed by atoms with van der Waals surface area (Å²) in [5, 5.41) is 7.04. The molecule has 0 aliphatic carbocycles. The summed E-state index contributed by atoms with van der Waals surface area (Å²) in [6.07, 6.45) is 0. The van der Waals surface area contributed by atoms with Crippen molar-refractivity contribution in [2.75, 3.05) is 0 Å². The van der Waals surface area contributed by atoms with Crippen LogP contribution in [0.5, 0.6) is 0 Å². The predicted molar refractivity (Wildman–Crippen MR) is 65.9 cm³/mol. The highest BCUT2D eigenvalue weighted by Crippen LogP contribution is 2.33. The molecule has 5 heteroatoms. The number of benzene rings is 1. The van der Waals surface area contributed by atoms with Gasteiger partial charge in [-0.15, -0.1) is 11.3 Å². The van der Waals surface area contributed by atoms with Crippen LogP contribution in [0.25, 0.3) is 11.1 Å². The van der Waals surface area contributed by atoms with Crippen molar-refractivity contribution in [2.24, 2.45) is 5.14 Å². The Morgan fingerprint density at radius 2 is 1.81 bits per heavy atom. The zero-order valence-electron chi connectivity index (χ0n) is 8.67. The molecular weight excluding hydrogens is 242 g/mol. The van der Waals surface area contributed by atoms with Gasteiger partial charge in [-0.25, -0.2) is 13.6 Å². The van der Waals surface area contributed by atoms with Gasteiger partial charge in [-0.05, 0) is 12.5 Å². The molecular formula is C11H11NO2S2. The topological polar surface area (TPSA) is 60.2 Å². The maximum absolute atomic E-state index is 11.5. The number of rotatable bonds is 2. The van der Waals surface area contributed by atoms with Crippen LogP contribution in [-0.4, -0.2) is 8.42 Å². The number of primary sulfonamides is 1. The Morgan fingerprint density at radius 3 is 2.38 bits per heavy atom. The average Bonchev–Trinajstić information content (AvgIpc) is 2.61. The van der Waals surface area contributed by atoms with E-state index < -0.39 is 10.0 Å². The molecule has 2 rings (SSSR count). The number of hydrogen-bond donors (Lipinski definition) is 1. The van der Waals surface area contributed by atoms with Crippen LogP contribution in [0.3, 0.4) is 0 Å². The largest absolute Gasteiger partial charge is 0.239 e. The summed E-state index contributed by atoms with van der Waals surface area (Å²) in [7, 11) is -3.66. The molecule has 0 fully saturated rings. The van der Waals surface area contributed by atoms with E-state index in [1.165, 1.54) is 11.3 Å². The minimum absolute atomic E-state index is 0.240. The lowest BCUT2D eigenvalue weighted by Crippen LogP contribution is -2.13. The maximum atomic E-state index is 11.5. The number of aryl methyl sites for hydroxylation is 1. The van der Waals surface area contributed by atoms with Gasteiger partial charge in [0.05, 0.1) is 0 Å². The van der Waals surface area contributed by atoms with Crippen LogP contribution in [-0.2, 0) is 10.0 Å². The third-order valence-electron chi connectivity index (χ3n) is 2.29. The Balaban J connectivity index is 2.69. The van der Waals surface area contributed by atoms with Gasteiger partial charge in [0.1, 0.15) is 4.90 Å². The van der Waals surface area contributed by atoms with Gasteiger partial charge in [0.15, 0.2) is 0 Å². The van der Waals surface area contributed by atoms with E-state index in [4.69, 9.17) is 5.14 Å². The Labute approximate surface area is 98.6 Å². The van der Waals surface area contributed by atoms with Gasteiger partial charge in [-0.2, -0.15) is 0 Å². The Morgan fingerprint density at radius 1 is 1.19 bits per heavy atom. The molecule has 0 saturated heterocycles. The lowest BCUT2D eigenvalue weighted by atomic mass is 10.1. The van der Waals surface area contributed by atoms with Crippen molar-refractivity contribution in [1.82, 2.24) is 0 Å². The number of hydrogen-bond acceptors (Lipinski definition) is 3. The third kappa shape index (κ3) is 2.02. The monoisotopic (exact) mass is 253 g/mol. The lowest BCUT2D eigenvalue weighted by Gasteiger charge is -2.03. The molecule has 1 aromatic carbocycles. The number of thiophene rings is 1. The van der Waals surface area contributed by atoms with Gasteiger partial charge in [0.2, 0.25) is 10.0 Å². The fraction of sp³-hybridized carbons (Fsp3) is 0.0909. The molecule has 0 spiro atoms. The number of sulfonamides is 1. The van der Waals surface area contributed by atoms with Crippen LogP contribution in [0.2, 0.25) is 0 Å². The van der Waals surface area contributed by atoms with E-state index in [0.717, 1.165) is 10.4 Å². The third-order valence-corrected chi connectivity index (χ3v) is 4.42. The van der Waals surface area contributed by atoms with Crippen LogP contribution >= 0.6 is 11.3 Å². The van der Waals surface area contributed by atoms with Crippen LogP contribution in [0, 0.1) is 6.92 Å². The minimum atomic E-state index is -3.66. The standard InChI is InChI=1S/C11H11NO2S2/c1-8-11(16(12,13)14)10(7-15-8)9-5-3-2-4-6-9/h2-7H,1H3,(H2,12,13,14). The average molecular weight is 253 g/mol. The molecule has 0 unspecified atom stereocenters. The van der Waals surface area contributed by atoms with E-state index >= 15 is 0 Å². The Hall–Kier alpha value is -1.17. The molecule has 16 heavy (non-hydrogen) atoms. The van der Waals surface area contributed by atoms with Gasteiger partial charge in [-0.1, -0.05) is 30.3 Å². The summed E-state index contributed by atoms with van der Waals surface area (Å²) in [4.78, 5) is 0.963. The molecule has 0 bridgehead atoms. The zero-order chi connectivity index (χ0) is 11.8. The zero-order valence-corrected chi connectivity index (χ0v) is 10.3. The summed E-state index contributed by atoms with van der Waals surface area (Å²) in [5.41, 5.74) is 1.56. The van der Waals surface area contributed by atoms with Crippen molar-refractivity contribution in [3.8, 4) is 11.1 Å². The second kappa shape index (κ2) is 4.01. The highest BCUT2D eigenvalue weighted by molar-refractivity contribution is 7.89. The van der Waals surface area contributed by atoms with Gasteiger partial charge < -0.3 is 0 Å². The molecule has 2 aromatic rings. The molecule has 0 aliphatic heterocycles. The summed E-state index contributed by atoms with van der Waals surface area (Å²) in [6, 6.07) is 9.37. The first-order valence-corrected chi connectivity index (χ1v) is 7.09. The van der Waals surface area contributed by atoms with Gasteiger partial charge in [0.25, 0.3) is 0 Å². The Kier molecular flexibility index (Phi) is 2.84. The van der Waals surface area contributed by atoms with Crippen molar-refractivity contribution in [2.45, 2.75) is 11.8 Å². The molecule has 0 amide bonds. The summed E-state index contributed by atoms with van der Waals surface area (Å²) in [6.45, 7) is 1.76. The minimum Gasteiger partial charge on any atom is -0.225 e. The Bertz CT molecular complexity index is 600. The highest BCUT2D eigenvalue weighted by Gasteiger charge is 2.19. The first-order valence-electron chi connectivity index (χ1n) is 4.66. The molecule has 0 aliphatic rings. The molecule has 0 saturated carbocycles. The van der Waals surface area contributed by atoms with E-state index in [1.54, 1.807) is 6.92 Å². The molecule has 1 aromatic heterocycles. The van der Waals surface area contributed by atoms with Gasteiger partial charge in [0, 0.05) is 15.8 Å². The van der Waals surface area contributed by atoms with Crippen LogP contribution in [0.1, 0.15) is 4.88 Å². The van der Waals surface area contributed by atoms with Crippen molar-refractivity contribution < 1.29 is 8.42 Å². The van der Waals surface area contributed by atoms with Crippen LogP contribution in [0.15, 0.2) is 40.6 Å². The first-order chi connectivity index (χ1) is 7.50. The smallest absolute Gasteiger partial charge is 0.225 e. The second-order valence-electron chi connectivity index (χ2n) is 3.45. The maximum Gasteiger partial charge on any atom is 0.239 e. The summed E-state index contributed by atoms with van der Waals surface area (Å²) >= 11 is 1.39. The van der Waals surface area contributed by atoms with Crippen molar-refractivity contribution >= 4 is 21.4 Å². The molecule has 3 nitrogen and oxygen atoms in total. The second-order valence-corrected chi connectivity index (χ2v) is 6.03. The fourth-order valence-electron chi connectivity index (χ4n) is 1.61. The summed E-state index contributed by atoms with van der Waals surface area (Å²) < 4.78 is 23.0. The fourth-order valence-corrected chi connectivity index (χ4v) is 3.83. The van der Waals surface area contributed by atoms with Gasteiger partial charge >= 0.3 is 0 Å². The molecule has 1 heterocycles. The highest BCUT2D eigenvalue weighted by atomic mass is 32.2. The van der Waals surface area contributed by atoms with Crippen LogP contribution < -0.4 is 5.14 Å². The predicted octanol–water partition coefficient (Wildman–Crippen LogP) is 2.37.